The number of carbonyl (C=O) groups is 1. The Bertz CT molecular complexity index is 847. The van der Waals surface area contributed by atoms with E-state index < -0.39 is 20.5 Å². The standard InChI is InChI=1S/C19H25NO3S2/c1-13-8-9-14(2)16(11-13)25(22,23)17(15-7-6-10-24-15)12-20-18(21)19(3,4)5/h6-11,17H,12H2,1-5H3,(H,20,21)/t17-/m0/s1. The van der Waals surface area contributed by atoms with E-state index in [-0.39, 0.29) is 12.5 Å². The van der Waals surface area contributed by atoms with Crippen LogP contribution < -0.4 is 5.32 Å². The number of aryl methyl sites for hydroxylation is 2. The van der Waals surface area contributed by atoms with Crippen molar-refractivity contribution in [1.29, 1.82) is 0 Å². The summed E-state index contributed by atoms with van der Waals surface area (Å²) in [6.07, 6.45) is 0. The fraction of sp³-hybridized carbons (Fsp3) is 0.421. The summed E-state index contributed by atoms with van der Waals surface area (Å²) in [5, 5.41) is 3.87. The lowest BCUT2D eigenvalue weighted by atomic mass is 9.96. The monoisotopic (exact) mass is 379 g/mol. The maximum absolute atomic E-state index is 13.3. The van der Waals surface area contributed by atoms with E-state index in [4.69, 9.17) is 0 Å². The second-order valence-corrected chi connectivity index (χ2v) is 10.4. The minimum absolute atomic E-state index is 0.0618. The topological polar surface area (TPSA) is 63.2 Å². The van der Waals surface area contributed by atoms with Crippen LogP contribution in [0.25, 0.3) is 0 Å². The van der Waals surface area contributed by atoms with Crippen molar-refractivity contribution in [2.24, 2.45) is 5.41 Å². The number of nitrogens with one attached hydrogen (secondary N) is 1. The molecule has 2 rings (SSSR count). The molecule has 0 radical (unpaired) electrons. The molecule has 1 aromatic heterocycles. The second kappa shape index (κ2) is 7.30. The van der Waals surface area contributed by atoms with Gasteiger partial charge in [-0.15, -0.1) is 11.3 Å². The van der Waals surface area contributed by atoms with Gasteiger partial charge in [0.25, 0.3) is 0 Å². The first kappa shape index (κ1) is 19.7. The highest BCUT2D eigenvalue weighted by Gasteiger charge is 2.33. The molecule has 0 aliphatic carbocycles. The summed E-state index contributed by atoms with van der Waals surface area (Å²) in [5.74, 6) is -0.162. The number of hydrogen-bond acceptors (Lipinski definition) is 4. The first-order chi connectivity index (χ1) is 11.5. The molecule has 0 bridgehead atoms. The Morgan fingerprint density at radius 2 is 1.88 bits per heavy atom. The molecule has 0 aliphatic rings. The van der Waals surface area contributed by atoms with E-state index in [0.29, 0.717) is 10.5 Å². The number of carbonyl (C=O) groups excluding carboxylic acids is 1. The molecule has 1 N–H and O–H groups in total. The molecule has 0 saturated carbocycles. The molecule has 0 spiro atoms. The minimum atomic E-state index is -3.62. The van der Waals surface area contributed by atoms with Crippen molar-refractivity contribution in [2.75, 3.05) is 6.54 Å². The lowest BCUT2D eigenvalue weighted by molar-refractivity contribution is -0.128. The summed E-state index contributed by atoms with van der Waals surface area (Å²) in [5.41, 5.74) is 1.05. The molecule has 0 fully saturated rings. The second-order valence-electron chi connectivity index (χ2n) is 7.28. The maximum Gasteiger partial charge on any atom is 0.225 e. The van der Waals surface area contributed by atoms with Crippen LogP contribution in [-0.2, 0) is 14.6 Å². The van der Waals surface area contributed by atoms with Crippen LogP contribution in [0.3, 0.4) is 0 Å². The summed E-state index contributed by atoms with van der Waals surface area (Å²) < 4.78 is 26.6. The number of thiophene rings is 1. The first-order valence-electron chi connectivity index (χ1n) is 8.16. The summed E-state index contributed by atoms with van der Waals surface area (Å²) in [7, 11) is -3.62. The van der Waals surface area contributed by atoms with Crippen molar-refractivity contribution in [3.8, 4) is 0 Å². The molecule has 1 atom stereocenters. The largest absolute Gasteiger partial charge is 0.354 e. The molecule has 136 valence electrons. The van der Waals surface area contributed by atoms with Gasteiger partial charge in [0, 0.05) is 16.8 Å². The van der Waals surface area contributed by atoms with Crippen LogP contribution in [0.2, 0.25) is 0 Å². The summed E-state index contributed by atoms with van der Waals surface area (Å²) >= 11 is 1.39. The third-order valence-corrected chi connectivity index (χ3v) is 7.37. The average Bonchev–Trinajstić information content (AvgIpc) is 3.02. The molecule has 1 heterocycles. The van der Waals surface area contributed by atoms with Gasteiger partial charge in [-0.2, -0.15) is 0 Å². The van der Waals surface area contributed by atoms with Crippen molar-refractivity contribution in [1.82, 2.24) is 5.32 Å². The Hall–Kier alpha value is -1.66. The van der Waals surface area contributed by atoms with Gasteiger partial charge in [-0.3, -0.25) is 4.79 Å². The third kappa shape index (κ3) is 4.50. The normalized spacial score (nSPS) is 13.5. The number of rotatable bonds is 5. The van der Waals surface area contributed by atoms with Gasteiger partial charge in [-0.1, -0.05) is 39.0 Å². The summed E-state index contributed by atoms with van der Waals surface area (Å²) in [6, 6.07) is 9.06. The Labute approximate surface area is 154 Å². The molecular weight excluding hydrogens is 354 g/mol. The first-order valence-corrected chi connectivity index (χ1v) is 10.6. The van der Waals surface area contributed by atoms with Crippen LogP contribution in [0.5, 0.6) is 0 Å². The van der Waals surface area contributed by atoms with Crippen LogP contribution in [-0.4, -0.2) is 20.9 Å². The molecule has 1 aromatic carbocycles. The summed E-state index contributed by atoms with van der Waals surface area (Å²) in [4.78, 5) is 13.3. The number of amides is 1. The van der Waals surface area contributed by atoms with Gasteiger partial charge in [0.1, 0.15) is 5.25 Å². The van der Waals surface area contributed by atoms with Crippen LogP contribution in [0, 0.1) is 19.3 Å². The molecular formula is C19H25NO3S2. The quantitative estimate of drug-likeness (QED) is 0.853. The van der Waals surface area contributed by atoms with E-state index in [1.54, 1.807) is 19.1 Å². The fourth-order valence-corrected chi connectivity index (χ4v) is 5.57. The zero-order chi connectivity index (χ0) is 18.8. The number of sulfone groups is 1. The van der Waals surface area contributed by atoms with E-state index in [0.717, 1.165) is 10.4 Å². The highest BCUT2D eigenvalue weighted by molar-refractivity contribution is 7.92. The number of benzene rings is 1. The molecule has 0 aliphatic heterocycles. The van der Waals surface area contributed by atoms with Gasteiger partial charge in [0.15, 0.2) is 9.84 Å². The van der Waals surface area contributed by atoms with Crippen LogP contribution in [0.4, 0.5) is 0 Å². The third-order valence-electron chi connectivity index (χ3n) is 4.01. The van der Waals surface area contributed by atoms with Crippen LogP contribution >= 0.6 is 11.3 Å². The van der Waals surface area contributed by atoms with E-state index in [1.807, 2.05) is 51.3 Å². The van der Waals surface area contributed by atoms with Crippen molar-refractivity contribution >= 4 is 27.1 Å². The van der Waals surface area contributed by atoms with Crippen molar-refractivity contribution in [3.05, 3.63) is 51.7 Å². The van der Waals surface area contributed by atoms with Crippen molar-refractivity contribution < 1.29 is 13.2 Å². The predicted molar refractivity (Wildman–Crippen MR) is 103 cm³/mol. The highest BCUT2D eigenvalue weighted by Crippen LogP contribution is 2.33. The van der Waals surface area contributed by atoms with Crippen molar-refractivity contribution in [2.45, 2.75) is 44.8 Å². The lowest BCUT2D eigenvalue weighted by Gasteiger charge is -2.22. The molecule has 1 amide bonds. The van der Waals surface area contributed by atoms with Crippen LogP contribution in [0.1, 0.15) is 42.0 Å². The van der Waals surface area contributed by atoms with Gasteiger partial charge in [0.05, 0.1) is 4.90 Å². The molecule has 0 unspecified atom stereocenters. The molecule has 2 aromatic rings. The Morgan fingerprint density at radius 1 is 1.20 bits per heavy atom. The van der Waals surface area contributed by atoms with E-state index in [9.17, 15) is 13.2 Å². The molecule has 6 heteroatoms. The summed E-state index contributed by atoms with van der Waals surface area (Å²) in [6.45, 7) is 9.16. The minimum Gasteiger partial charge on any atom is -0.354 e. The van der Waals surface area contributed by atoms with Crippen molar-refractivity contribution in [3.63, 3.8) is 0 Å². The SMILES string of the molecule is Cc1ccc(C)c(S(=O)(=O)[C@@H](CNC(=O)C(C)(C)C)c2cccs2)c1. The Balaban J connectivity index is 2.42. The molecule has 0 saturated heterocycles. The van der Waals surface area contributed by atoms with Gasteiger partial charge >= 0.3 is 0 Å². The van der Waals surface area contributed by atoms with E-state index >= 15 is 0 Å². The molecule has 25 heavy (non-hydrogen) atoms. The van der Waals surface area contributed by atoms with Gasteiger partial charge in [-0.05, 0) is 42.5 Å². The lowest BCUT2D eigenvalue weighted by Crippen LogP contribution is -2.38. The average molecular weight is 380 g/mol. The smallest absolute Gasteiger partial charge is 0.225 e. The predicted octanol–water partition coefficient (Wildman–Crippen LogP) is 4.04. The zero-order valence-electron chi connectivity index (χ0n) is 15.3. The van der Waals surface area contributed by atoms with Gasteiger partial charge in [-0.25, -0.2) is 8.42 Å². The zero-order valence-corrected chi connectivity index (χ0v) is 16.9. The van der Waals surface area contributed by atoms with E-state index in [1.165, 1.54) is 11.3 Å². The Kier molecular flexibility index (Phi) is 5.74. The Morgan fingerprint density at radius 3 is 2.44 bits per heavy atom. The molecule has 4 nitrogen and oxygen atoms in total. The van der Waals surface area contributed by atoms with Gasteiger partial charge in [0.2, 0.25) is 5.91 Å². The number of hydrogen-bond donors (Lipinski definition) is 1. The van der Waals surface area contributed by atoms with E-state index in [2.05, 4.69) is 5.32 Å². The maximum atomic E-state index is 13.3. The highest BCUT2D eigenvalue weighted by atomic mass is 32.2. The van der Waals surface area contributed by atoms with Gasteiger partial charge < -0.3 is 5.32 Å². The fourth-order valence-electron chi connectivity index (χ4n) is 2.46. The van der Waals surface area contributed by atoms with Crippen LogP contribution in [0.15, 0.2) is 40.6 Å².